The molecule has 6 heteroatoms. The molecular formula is C11H15N5O. The Hall–Kier alpha value is -2.08. The third-order valence-electron chi connectivity index (χ3n) is 2.90. The SMILES string of the molecule is Cc1nc2cc(N(C)C(=O)NN)ccc2n1C. The highest BCUT2D eigenvalue weighted by atomic mass is 16.2. The van der Waals surface area contributed by atoms with Gasteiger partial charge in [-0.1, -0.05) is 0 Å². The van der Waals surface area contributed by atoms with E-state index in [2.05, 4.69) is 10.4 Å². The van der Waals surface area contributed by atoms with Crippen molar-refractivity contribution in [3.8, 4) is 0 Å². The molecule has 6 nitrogen and oxygen atoms in total. The largest absolute Gasteiger partial charge is 0.335 e. The van der Waals surface area contributed by atoms with Gasteiger partial charge in [-0.2, -0.15) is 0 Å². The Bertz CT molecular complexity index is 574. The van der Waals surface area contributed by atoms with E-state index in [0.717, 1.165) is 22.5 Å². The molecule has 3 N–H and O–H groups in total. The fourth-order valence-corrected chi connectivity index (χ4v) is 1.73. The van der Waals surface area contributed by atoms with Crippen LogP contribution in [0.2, 0.25) is 0 Å². The van der Waals surface area contributed by atoms with Crippen molar-refractivity contribution in [3.63, 3.8) is 0 Å². The summed E-state index contributed by atoms with van der Waals surface area (Å²) < 4.78 is 2.00. The van der Waals surface area contributed by atoms with E-state index >= 15 is 0 Å². The normalized spacial score (nSPS) is 10.6. The average Bonchev–Trinajstić information content (AvgIpc) is 2.62. The molecule has 17 heavy (non-hydrogen) atoms. The van der Waals surface area contributed by atoms with E-state index in [4.69, 9.17) is 5.84 Å². The minimum absolute atomic E-state index is 0.364. The zero-order chi connectivity index (χ0) is 12.6. The molecule has 0 saturated carbocycles. The molecule has 0 radical (unpaired) electrons. The summed E-state index contributed by atoms with van der Waals surface area (Å²) in [4.78, 5) is 17.2. The smallest absolute Gasteiger partial charge is 0.331 e. The quantitative estimate of drug-likeness (QED) is 0.436. The molecule has 0 spiro atoms. The first-order chi connectivity index (χ1) is 8.04. The first-order valence-electron chi connectivity index (χ1n) is 5.22. The van der Waals surface area contributed by atoms with Crippen molar-refractivity contribution in [2.24, 2.45) is 12.9 Å². The van der Waals surface area contributed by atoms with Crippen LogP contribution in [0.15, 0.2) is 18.2 Å². The summed E-state index contributed by atoms with van der Waals surface area (Å²) >= 11 is 0. The Kier molecular flexibility index (Phi) is 2.72. The van der Waals surface area contributed by atoms with Crippen molar-refractivity contribution in [3.05, 3.63) is 24.0 Å². The summed E-state index contributed by atoms with van der Waals surface area (Å²) in [6.07, 6.45) is 0. The van der Waals surface area contributed by atoms with Gasteiger partial charge in [0.2, 0.25) is 0 Å². The molecule has 90 valence electrons. The number of aryl methyl sites for hydroxylation is 2. The van der Waals surface area contributed by atoms with Gasteiger partial charge < -0.3 is 4.57 Å². The third kappa shape index (κ3) is 1.83. The minimum atomic E-state index is -0.364. The summed E-state index contributed by atoms with van der Waals surface area (Å²) in [6.45, 7) is 1.94. The molecule has 2 rings (SSSR count). The number of carbonyl (C=O) groups is 1. The topological polar surface area (TPSA) is 76.2 Å². The molecule has 2 aromatic rings. The van der Waals surface area contributed by atoms with Gasteiger partial charge in [0.1, 0.15) is 5.82 Å². The number of urea groups is 1. The highest BCUT2D eigenvalue weighted by Gasteiger charge is 2.11. The maximum atomic E-state index is 11.4. The number of nitrogens with zero attached hydrogens (tertiary/aromatic N) is 3. The summed E-state index contributed by atoms with van der Waals surface area (Å²) in [5.41, 5.74) is 4.73. The lowest BCUT2D eigenvalue weighted by atomic mass is 10.2. The van der Waals surface area contributed by atoms with E-state index in [0.29, 0.717) is 0 Å². The second-order valence-electron chi connectivity index (χ2n) is 3.90. The Balaban J connectivity index is 2.48. The molecular weight excluding hydrogens is 218 g/mol. The Morgan fingerprint density at radius 3 is 2.88 bits per heavy atom. The van der Waals surface area contributed by atoms with Gasteiger partial charge in [-0.05, 0) is 25.1 Å². The average molecular weight is 233 g/mol. The van der Waals surface area contributed by atoms with Crippen LogP contribution in [0.4, 0.5) is 10.5 Å². The molecule has 0 atom stereocenters. The zero-order valence-corrected chi connectivity index (χ0v) is 10.1. The number of hydrogen-bond acceptors (Lipinski definition) is 3. The van der Waals surface area contributed by atoms with E-state index in [-0.39, 0.29) is 6.03 Å². The fourth-order valence-electron chi connectivity index (χ4n) is 1.73. The molecule has 0 unspecified atom stereocenters. The van der Waals surface area contributed by atoms with Crippen molar-refractivity contribution < 1.29 is 4.79 Å². The van der Waals surface area contributed by atoms with Gasteiger partial charge in [0.15, 0.2) is 0 Å². The summed E-state index contributed by atoms with van der Waals surface area (Å²) in [6, 6.07) is 5.29. The van der Waals surface area contributed by atoms with E-state index in [1.807, 2.05) is 36.7 Å². The first kappa shape index (κ1) is 11.4. The number of amides is 2. The van der Waals surface area contributed by atoms with E-state index in [1.165, 1.54) is 4.90 Å². The number of benzene rings is 1. The van der Waals surface area contributed by atoms with Crippen LogP contribution in [0, 0.1) is 6.92 Å². The number of imidazole rings is 1. The van der Waals surface area contributed by atoms with Gasteiger partial charge in [0, 0.05) is 19.8 Å². The predicted molar refractivity (Wildman–Crippen MR) is 66.6 cm³/mol. The van der Waals surface area contributed by atoms with Gasteiger partial charge in [-0.3, -0.25) is 10.3 Å². The number of carbonyl (C=O) groups excluding carboxylic acids is 1. The third-order valence-corrected chi connectivity index (χ3v) is 2.90. The zero-order valence-electron chi connectivity index (χ0n) is 10.1. The summed E-state index contributed by atoms with van der Waals surface area (Å²) in [5.74, 6) is 6.02. The number of fused-ring (bicyclic) bond motifs is 1. The van der Waals surface area contributed by atoms with Gasteiger partial charge in [0.05, 0.1) is 11.0 Å². The van der Waals surface area contributed by atoms with Crippen LogP contribution in [-0.4, -0.2) is 22.6 Å². The molecule has 0 aliphatic heterocycles. The van der Waals surface area contributed by atoms with Crippen LogP contribution in [0.3, 0.4) is 0 Å². The fraction of sp³-hybridized carbons (Fsp3) is 0.273. The van der Waals surface area contributed by atoms with E-state index in [1.54, 1.807) is 7.05 Å². The molecule has 2 amide bonds. The molecule has 1 aromatic heterocycles. The number of aromatic nitrogens is 2. The van der Waals surface area contributed by atoms with Crippen molar-refractivity contribution in [2.45, 2.75) is 6.92 Å². The van der Waals surface area contributed by atoms with Crippen LogP contribution < -0.4 is 16.2 Å². The second-order valence-corrected chi connectivity index (χ2v) is 3.90. The molecule has 0 bridgehead atoms. The molecule has 0 aliphatic carbocycles. The van der Waals surface area contributed by atoms with E-state index in [9.17, 15) is 4.79 Å². The highest BCUT2D eigenvalue weighted by molar-refractivity contribution is 5.93. The molecule has 0 aliphatic rings. The predicted octanol–water partition coefficient (Wildman–Crippen LogP) is 0.901. The monoisotopic (exact) mass is 233 g/mol. The lowest BCUT2D eigenvalue weighted by Gasteiger charge is -2.16. The number of hydrogen-bond donors (Lipinski definition) is 2. The highest BCUT2D eigenvalue weighted by Crippen LogP contribution is 2.21. The van der Waals surface area contributed by atoms with Crippen molar-refractivity contribution >= 4 is 22.8 Å². The Morgan fingerprint density at radius 2 is 2.24 bits per heavy atom. The second kappa shape index (κ2) is 4.06. The standard InChI is InChI=1S/C11H15N5O/c1-7-13-9-6-8(16(3)11(17)14-12)4-5-10(9)15(7)2/h4-6H,12H2,1-3H3,(H,14,17). The Morgan fingerprint density at radius 1 is 1.53 bits per heavy atom. The number of anilines is 1. The Labute approximate surface area is 99.0 Å². The molecule has 0 fully saturated rings. The van der Waals surface area contributed by atoms with Crippen LogP contribution in [0.5, 0.6) is 0 Å². The van der Waals surface area contributed by atoms with Gasteiger partial charge >= 0.3 is 6.03 Å². The van der Waals surface area contributed by atoms with Gasteiger partial charge in [-0.15, -0.1) is 0 Å². The number of nitrogens with one attached hydrogen (secondary N) is 1. The summed E-state index contributed by atoms with van der Waals surface area (Å²) in [5, 5.41) is 0. The van der Waals surface area contributed by atoms with Crippen molar-refractivity contribution in [2.75, 3.05) is 11.9 Å². The first-order valence-corrected chi connectivity index (χ1v) is 5.22. The van der Waals surface area contributed by atoms with Crippen LogP contribution in [-0.2, 0) is 7.05 Å². The van der Waals surface area contributed by atoms with Gasteiger partial charge in [-0.25, -0.2) is 15.6 Å². The van der Waals surface area contributed by atoms with Crippen LogP contribution >= 0.6 is 0 Å². The molecule has 0 saturated heterocycles. The molecule has 1 heterocycles. The minimum Gasteiger partial charge on any atom is -0.331 e. The lowest BCUT2D eigenvalue weighted by molar-refractivity contribution is 0.248. The maximum Gasteiger partial charge on any atom is 0.335 e. The van der Waals surface area contributed by atoms with Crippen molar-refractivity contribution in [1.29, 1.82) is 0 Å². The number of hydrazine groups is 1. The summed E-state index contributed by atoms with van der Waals surface area (Å²) in [7, 11) is 3.61. The lowest BCUT2D eigenvalue weighted by Crippen LogP contribution is -2.41. The maximum absolute atomic E-state index is 11.4. The number of rotatable bonds is 1. The van der Waals surface area contributed by atoms with Crippen molar-refractivity contribution in [1.82, 2.24) is 15.0 Å². The molecule has 1 aromatic carbocycles. The van der Waals surface area contributed by atoms with Gasteiger partial charge in [0.25, 0.3) is 0 Å². The van der Waals surface area contributed by atoms with E-state index < -0.39 is 0 Å². The number of nitrogens with two attached hydrogens (primary N) is 1. The van der Waals surface area contributed by atoms with Crippen LogP contribution in [0.25, 0.3) is 11.0 Å². The van der Waals surface area contributed by atoms with Crippen LogP contribution in [0.1, 0.15) is 5.82 Å².